The second kappa shape index (κ2) is 14.4. The van der Waals surface area contributed by atoms with E-state index in [4.69, 9.17) is 20.5 Å². The van der Waals surface area contributed by atoms with Crippen LogP contribution in [-0.4, -0.2) is 70.6 Å². The SMILES string of the molecule is CCC1CNCCN1P(=O)(Cl)OC[C@@H]1CN(C(c2ccccc2)(c2ccccc2)c2ccccc2)C[C@H](n2cc(C)c(=O)[nH]c2=O)O1. The van der Waals surface area contributed by atoms with Crippen LogP contribution in [0.2, 0.25) is 0 Å². The first kappa shape index (κ1) is 33.6. The molecule has 12 heteroatoms. The predicted octanol–water partition coefficient (Wildman–Crippen LogP) is 5.08. The Bertz CT molecular complexity index is 1710. The lowest BCUT2D eigenvalue weighted by Crippen LogP contribution is -2.58. The van der Waals surface area contributed by atoms with Gasteiger partial charge in [0.1, 0.15) is 0 Å². The number of halogens is 1. The highest BCUT2D eigenvalue weighted by molar-refractivity contribution is 7.83. The standard InChI is InChI=1S/C35H41ClN5O5P/c1-3-30-21-37-19-20-41(30)47(36,44)45-25-31-23-39(24-32(46-31)40-22-26(2)33(42)38-34(40)43)35(27-13-7-4-8-14-27,28-15-9-5-10-16-28)29-17-11-6-12-18-29/h4-18,22,30-32,37H,3,19-21,23-25H2,1-2H3,(H,38,42,43)/t30?,31-,32+,47?/m0/s1. The third-order valence-electron chi connectivity index (χ3n) is 9.17. The van der Waals surface area contributed by atoms with Crippen LogP contribution in [-0.2, 0) is 19.4 Å². The van der Waals surface area contributed by atoms with E-state index in [0.717, 1.165) is 23.1 Å². The van der Waals surface area contributed by atoms with Crippen LogP contribution in [0, 0.1) is 6.92 Å². The van der Waals surface area contributed by atoms with Gasteiger partial charge >= 0.3 is 12.6 Å². The van der Waals surface area contributed by atoms with Crippen LogP contribution in [0.25, 0.3) is 0 Å². The van der Waals surface area contributed by atoms with Gasteiger partial charge in [0.15, 0.2) is 6.23 Å². The van der Waals surface area contributed by atoms with Gasteiger partial charge in [-0.05, 0) is 41.3 Å². The van der Waals surface area contributed by atoms with Gasteiger partial charge in [-0.3, -0.25) is 23.8 Å². The molecule has 2 saturated heterocycles. The molecule has 2 unspecified atom stereocenters. The average molecular weight is 678 g/mol. The third kappa shape index (κ3) is 6.82. The smallest absolute Gasteiger partial charge is 0.350 e. The molecule has 0 radical (unpaired) electrons. The average Bonchev–Trinajstić information content (AvgIpc) is 3.11. The zero-order valence-electron chi connectivity index (χ0n) is 26.6. The normalized spacial score (nSPS) is 22.5. The van der Waals surface area contributed by atoms with Crippen LogP contribution in [0.5, 0.6) is 0 Å². The van der Waals surface area contributed by atoms with Gasteiger partial charge in [0.25, 0.3) is 5.56 Å². The number of nitrogens with zero attached hydrogens (tertiary/aromatic N) is 3. The Labute approximate surface area is 279 Å². The van der Waals surface area contributed by atoms with E-state index in [9.17, 15) is 14.2 Å². The molecular weight excluding hydrogens is 637 g/mol. The van der Waals surface area contributed by atoms with Gasteiger partial charge in [0.05, 0.1) is 18.2 Å². The number of morpholine rings is 1. The fourth-order valence-corrected chi connectivity index (χ4v) is 9.13. The number of hydrogen-bond acceptors (Lipinski definition) is 7. The van der Waals surface area contributed by atoms with E-state index in [-0.39, 0.29) is 19.2 Å². The summed E-state index contributed by atoms with van der Waals surface area (Å²) >= 11 is 6.71. The van der Waals surface area contributed by atoms with Crippen molar-refractivity contribution in [2.45, 2.75) is 44.2 Å². The van der Waals surface area contributed by atoms with Crippen molar-refractivity contribution >= 4 is 18.1 Å². The zero-order chi connectivity index (χ0) is 33.0. The Morgan fingerprint density at radius 2 is 1.51 bits per heavy atom. The van der Waals surface area contributed by atoms with Crippen molar-refractivity contribution in [3.05, 3.63) is 140 Å². The summed E-state index contributed by atoms with van der Waals surface area (Å²) in [5, 5.41) is 3.33. The number of nitrogens with one attached hydrogen (secondary N) is 2. The van der Waals surface area contributed by atoms with E-state index < -0.39 is 36.0 Å². The van der Waals surface area contributed by atoms with Crippen molar-refractivity contribution in [1.29, 1.82) is 0 Å². The number of ether oxygens (including phenoxy) is 1. The van der Waals surface area contributed by atoms with E-state index >= 15 is 0 Å². The minimum absolute atomic E-state index is 0.0202. The summed E-state index contributed by atoms with van der Waals surface area (Å²) in [5.74, 6) is 0. The van der Waals surface area contributed by atoms with Crippen LogP contribution in [0.1, 0.15) is 41.8 Å². The Morgan fingerprint density at radius 3 is 2.06 bits per heavy atom. The number of hydrogen-bond donors (Lipinski definition) is 2. The minimum atomic E-state index is -3.71. The van der Waals surface area contributed by atoms with Crippen molar-refractivity contribution in [1.82, 2.24) is 24.4 Å². The number of benzene rings is 3. The fourth-order valence-electron chi connectivity index (χ4n) is 6.89. The molecule has 2 aliphatic rings. The number of aryl methyl sites for hydroxylation is 1. The molecule has 0 bridgehead atoms. The Balaban J connectivity index is 1.46. The summed E-state index contributed by atoms with van der Waals surface area (Å²) in [4.78, 5) is 30.3. The summed E-state index contributed by atoms with van der Waals surface area (Å²) in [7, 11) is 0. The lowest BCUT2D eigenvalue weighted by atomic mass is 9.75. The molecule has 0 aliphatic carbocycles. The number of aromatic nitrogens is 2. The fraction of sp³-hybridized carbons (Fsp3) is 0.371. The van der Waals surface area contributed by atoms with Gasteiger partial charge in [-0.15, -0.1) is 0 Å². The maximum Gasteiger partial charge on any atom is 0.363 e. The lowest BCUT2D eigenvalue weighted by Gasteiger charge is -2.50. The largest absolute Gasteiger partial charge is 0.363 e. The lowest BCUT2D eigenvalue weighted by molar-refractivity contribution is -0.148. The molecule has 2 fully saturated rings. The molecular formula is C35H41ClN5O5P. The van der Waals surface area contributed by atoms with Crippen LogP contribution >= 0.6 is 18.1 Å². The molecule has 6 rings (SSSR count). The van der Waals surface area contributed by atoms with E-state index in [1.807, 2.05) is 61.5 Å². The highest BCUT2D eigenvalue weighted by atomic mass is 35.7. The summed E-state index contributed by atoms with van der Waals surface area (Å²) in [6.45, 7) is 2.40. The zero-order valence-corrected chi connectivity index (χ0v) is 28.3. The maximum absolute atomic E-state index is 13.9. The molecule has 10 nitrogen and oxygen atoms in total. The summed E-state index contributed by atoms with van der Waals surface area (Å²) in [6.07, 6.45) is 0.846. The third-order valence-corrected chi connectivity index (χ3v) is 11.7. The van der Waals surface area contributed by atoms with Crippen LogP contribution in [0.15, 0.2) is 107 Å². The molecule has 47 heavy (non-hydrogen) atoms. The molecule has 1 aromatic heterocycles. The van der Waals surface area contributed by atoms with Crippen molar-refractivity contribution in [2.24, 2.45) is 0 Å². The topological polar surface area (TPSA) is 109 Å². The van der Waals surface area contributed by atoms with Gasteiger partial charge in [0, 0.05) is 50.5 Å². The van der Waals surface area contributed by atoms with Gasteiger partial charge in [0.2, 0.25) is 0 Å². The van der Waals surface area contributed by atoms with E-state index in [2.05, 4.69) is 51.6 Å². The number of rotatable bonds is 10. The number of H-pyrrole nitrogens is 1. The van der Waals surface area contributed by atoms with Crippen molar-refractivity contribution < 1.29 is 13.8 Å². The monoisotopic (exact) mass is 677 g/mol. The molecule has 2 aliphatic heterocycles. The Hall–Kier alpha value is -3.34. The first-order valence-corrected chi connectivity index (χ1v) is 18.5. The number of piperazine rings is 1. The molecule has 0 amide bonds. The molecule has 3 heterocycles. The van der Waals surface area contributed by atoms with Crippen LogP contribution in [0.4, 0.5) is 0 Å². The van der Waals surface area contributed by atoms with Gasteiger partial charge in [-0.25, -0.2) is 9.46 Å². The Kier molecular flexibility index (Phi) is 10.3. The molecule has 2 N–H and O–H groups in total. The van der Waals surface area contributed by atoms with Crippen LogP contribution < -0.4 is 16.6 Å². The first-order chi connectivity index (χ1) is 22.7. The van der Waals surface area contributed by atoms with Gasteiger partial charge in [-0.1, -0.05) is 97.9 Å². The summed E-state index contributed by atoms with van der Waals surface area (Å²) in [6, 6.07) is 30.7. The number of aromatic amines is 1. The second-order valence-electron chi connectivity index (χ2n) is 12.1. The predicted molar refractivity (Wildman–Crippen MR) is 184 cm³/mol. The van der Waals surface area contributed by atoms with Gasteiger partial charge < -0.3 is 14.6 Å². The first-order valence-electron chi connectivity index (χ1n) is 16.0. The van der Waals surface area contributed by atoms with Gasteiger partial charge in [-0.2, -0.15) is 0 Å². The highest BCUT2D eigenvalue weighted by Gasteiger charge is 2.47. The van der Waals surface area contributed by atoms with E-state index in [1.165, 1.54) is 10.8 Å². The molecule has 3 aromatic carbocycles. The molecule has 4 aromatic rings. The highest BCUT2D eigenvalue weighted by Crippen LogP contribution is 2.58. The molecule has 0 saturated carbocycles. The van der Waals surface area contributed by atoms with Crippen molar-refractivity contribution in [3.63, 3.8) is 0 Å². The van der Waals surface area contributed by atoms with E-state index in [1.54, 1.807) is 11.6 Å². The quantitative estimate of drug-likeness (QED) is 0.177. The van der Waals surface area contributed by atoms with Crippen molar-refractivity contribution in [2.75, 3.05) is 39.3 Å². The van der Waals surface area contributed by atoms with Crippen molar-refractivity contribution in [3.8, 4) is 0 Å². The second-order valence-corrected chi connectivity index (χ2v) is 15.0. The maximum atomic E-state index is 13.9. The molecule has 248 valence electrons. The molecule has 4 atom stereocenters. The van der Waals surface area contributed by atoms with Crippen LogP contribution in [0.3, 0.4) is 0 Å². The molecule has 0 spiro atoms. The summed E-state index contributed by atoms with van der Waals surface area (Å²) < 4.78 is 29.8. The van der Waals surface area contributed by atoms with E-state index in [0.29, 0.717) is 31.7 Å². The summed E-state index contributed by atoms with van der Waals surface area (Å²) in [5.41, 5.74) is 1.61. The Morgan fingerprint density at radius 1 is 0.936 bits per heavy atom. The minimum Gasteiger partial charge on any atom is -0.350 e.